The fraction of sp³-hybridized carbons (Fsp3) is 0.167. The highest BCUT2D eigenvalue weighted by Crippen LogP contribution is 2.26. The van der Waals surface area contributed by atoms with Gasteiger partial charge in [0.1, 0.15) is 17.6 Å². The van der Waals surface area contributed by atoms with Crippen LogP contribution in [-0.4, -0.2) is 5.11 Å². The van der Waals surface area contributed by atoms with Gasteiger partial charge in [-0.25, -0.2) is 0 Å². The fourth-order valence-electron chi connectivity index (χ4n) is 1.37. The monoisotopic (exact) mass is 314 g/mol. The standard InChI is InChI=1S/C12H11IO2/c1-8(14)11-5-6-12(15-11)9-3-2-4-10(13)7-9/h2-8,14H,1H3. The second-order valence-corrected chi connectivity index (χ2v) is 4.63. The first-order valence-corrected chi connectivity index (χ1v) is 5.78. The third-order valence-corrected chi connectivity index (χ3v) is 2.82. The molecule has 0 saturated heterocycles. The molecule has 0 aliphatic rings. The molecule has 78 valence electrons. The highest BCUT2D eigenvalue weighted by Gasteiger charge is 2.08. The largest absolute Gasteiger partial charge is 0.458 e. The zero-order valence-corrected chi connectivity index (χ0v) is 10.4. The van der Waals surface area contributed by atoms with Crippen LogP contribution in [0, 0.1) is 3.57 Å². The summed E-state index contributed by atoms with van der Waals surface area (Å²) in [5.41, 5.74) is 1.04. The molecule has 0 fully saturated rings. The van der Waals surface area contributed by atoms with Crippen LogP contribution >= 0.6 is 22.6 Å². The van der Waals surface area contributed by atoms with Gasteiger partial charge in [0.05, 0.1) is 0 Å². The van der Waals surface area contributed by atoms with Crippen LogP contribution in [0.15, 0.2) is 40.8 Å². The van der Waals surface area contributed by atoms with E-state index in [9.17, 15) is 5.11 Å². The van der Waals surface area contributed by atoms with E-state index < -0.39 is 6.10 Å². The minimum Gasteiger partial charge on any atom is -0.458 e. The van der Waals surface area contributed by atoms with E-state index in [-0.39, 0.29) is 0 Å². The highest BCUT2D eigenvalue weighted by atomic mass is 127. The molecule has 0 saturated carbocycles. The zero-order chi connectivity index (χ0) is 10.8. The van der Waals surface area contributed by atoms with Crippen molar-refractivity contribution in [3.05, 3.63) is 45.7 Å². The molecule has 1 N–H and O–H groups in total. The first-order chi connectivity index (χ1) is 7.16. The molecule has 1 atom stereocenters. The molecule has 0 bridgehead atoms. The van der Waals surface area contributed by atoms with E-state index in [4.69, 9.17) is 4.42 Å². The lowest BCUT2D eigenvalue weighted by Crippen LogP contribution is -1.85. The van der Waals surface area contributed by atoms with Crippen molar-refractivity contribution >= 4 is 22.6 Å². The zero-order valence-electron chi connectivity index (χ0n) is 8.27. The van der Waals surface area contributed by atoms with Gasteiger partial charge in [-0.05, 0) is 53.8 Å². The van der Waals surface area contributed by atoms with Crippen LogP contribution in [0.1, 0.15) is 18.8 Å². The summed E-state index contributed by atoms with van der Waals surface area (Å²) in [6, 6.07) is 11.7. The summed E-state index contributed by atoms with van der Waals surface area (Å²) in [4.78, 5) is 0. The van der Waals surface area contributed by atoms with E-state index in [2.05, 4.69) is 22.6 Å². The number of furan rings is 1. The van der Waals surface area contributed by atoms with Gasteiger partial charge in [-0.2, -0.15) is 0 Å². The Bertz CT molecular complexity index is 460. The summed E-state index contributed by atoms with van der Waals surface area (Å²) in [5.74, 6) is 1.40. The van der Waals surface area contributed by atoms with E-state index in [0.29, 0.717) is 5.76 Å². The minimum absolute atomic E-state index is 0.554. The molecule has 15 heavy (non-hydrogen) atoms. The number of rotatable bonds is 2. The summed E-state index contributed by atoms with van der Waals surface area (Å²) in [6.45, 7) is 1.69. The molecule has 2 nitrogen and oxygen atoms in total. The molecule has 2 aromatic rings. The van der Waals surface area contributed by atoms with E-state index in [1.807, 2.05) is 30.3 Å². The number of aliphatic hydroxyl groups excluding tert-OH is 1. The van der Waals surface area contributed by atoms with Gasteiger partial charge in [-0.1, -0.05) is 12.1 Å². The topological polar surface area (TPSA) is 33.4 Å². The molecule has 0 spiro atoms. The van der Waals surface area contributed by atoms with Gasteiger partial charge in [-0.15, -0.1) is 0 Å². The molecular formula is C12H11IO2. The quantitative estimate of drug-likeness (QED) is 0.859. The summed E-state index contributed by atoms with van der Waals surface area (Å²) in [6.07, 6.45) is -0.554. The SMILES string of the molecule is CC(O)c1ccc(-c2cccc(I)c2)o1. The van der Waals surface area contributed by atoms with Gasteiger partial charge in [-0.3, -0.25) is 0 Å². The van der Waals surface area contributed by atoms with Crippen molar-refractivity contribution in [2.24, 2.45) is 0 Å². The molecule has 3 heteroatoms. The maximum Gasteiger partial charge on any atom is 0.134 e. The van der Waals surface area contributed by atoms with Crippen molar-refractivity contribution in [1.29, 1.82) is 0 Å². The van der Waals surface area contributed by atoms with Crippen LogP contribution in [0.2, 0.25) is 0 Å². The first-order valence-electron chi connectivity index (χ1n) is 4.70. The average Bonchev–Trinajstić information content (AvgIpc) is 2.66. The highest BCUT2D eigenvalue weighted by molar-refractivity contribution is 14.1. The minimum atomic E-state index is -0.554. The van der Waals surface area contributed by atoms with E-state index in [1.165, 1.54) is 3.57 Å². The van der Waals surface area contributed by atoms with Crippen molar-refractivity contribution in [3.8, 4) is 11.3 Å². The van der Waals surface area contributed by atoms with Crippen LogP contribution in [0.25, 0.3) is 11.3 Å². The van der Waals surface area contributed by atoms with E-state index >= 15 is 0 Å². The fourth-order valence-corrected chi connectivity index (χ4v) is 1.92. The van der Waals surface area contributed by atoms with Crippen LogP contribution in [-0.2, 0) is 0 Å². The Labute approximate surface area is 102 Å². The van der Waals surface area contributed by atoms with Crippen LogP contribution in [0.3, 0.4) is 0 Å². The molecule has 1 heterocycles. The van der Waals surface area contributed by atoms with Crippen molar-refractivity contribution < 1.29 is 9.52 Å². The van der Waals surface area contributed by atoms with Gasteiger partial charge in [0.2, 0.25) is 0 Å². The Morgan fingerprint density at radius 3 is 2.67 bits per heavy atom. The van der Waals surface area contributed by atoms with Gasteiger partial charge in [0.25, 0.3) is 0 Å². The third-order valence-electron chi connectivity index (χ3n) is 2.15. The Morgan fingerprint density at radius 2 is 2.07 bits per heavy atom. The Kier molecular flexibility index (Phi) is 3.11. The molecular weight excluding hydrogens is 303 g/mol. The van der Waals surface area contributed by atoms with Crippen molar-refractivity contribution in [2.75, 3.05) is 0 Å². The van der Waals surface area contributed by atoms with Gasteiger partial charge in [0.15, 0.2) is 0 Å². The molecule has 2 rings (SSSR count). The maximum absolute atomic E-state index is 9.34. The second kappa shape index (κ2) is 4.37. The van der Waals surface area contributed by atoms with Crippen molar-refractivity contribution in [3.63, 3.8) is 0 Å². The second-order valence-electron chi connectivity index (χ2n) is 3.39. The summed E-state index contributed by atoms with van der Waals surface area (Å²) < 4.78 is 6.70. The smallest absolute Gasteiger partial charge is 0.134 e. The van der Waals surface area contributed by atoms with Gasteiger partial charge < -0.3 is 9.52 Å². The van der Waals surface area contributed by atoms with Gasteiger partial charge >= 0.3 is 0 Å². The number of hydrogen-bond donors (Lipinski definition) is 1. The number of halogens is 1. The molecule has 0 radical (unpaired) electrons. The van der Waals surface area contributed by atoms with Crippen LogP contribution < -0.4 is 0 Å². The summed E-state index contributed by atoms with van der Waals surface area (Å²) in [7, 11) is 0. The molecule has 1 aromatic heterocycles. The number of hydrogen-bond acceptors (Lipinski definition) is 2. The summed E-state index contributed by atoms with van der Waals surface area (Å²) >= 11 is 2.26. The Balaban J connectivity index is 2.37. The van der Waals surface area contributed by atoms with Crippen molar-refractivity contribution in [1.82, 2.24) is 0 Å². The number of aliphatic hydroxyl groups is 1. The van der Waals surface area contributed by atoms with Crippen molar-refractivity contribution in [2.45, 2.75) is 13.0 Å². The summed E-state index contributed by atoms with van der Waals surface area (Å²) in [5, 5.41) is 9.34. The lowest BCUT2D eigenvalue weighted by atomic mass is 10.2. The maximum atomic E-state index is 9.34. The van der Waals surface area contributed by atoms with E-state index in [1.54, 1.807) is 13.0 Å². The molecule has 0 aliphatic carbocycles. The number of benzene rings is 1. The lowest BCUT2D eigenvalue weighted by Gasteiger charge is -2.00. The first kappa shape index (κ1) is 10.7. The predicted molar refractivity (Wildman–Crippen MR) is 67.5 cm³/mol. The van der Waals surface area contributed by atoms with Gasteiger partial charge in [0, 0.05) is 9.13 Å². The molecule has 1 unspecified atom stereocenters. The van der Waals surface area contributed by atoms with E-state index in [0.717, 1.165) is 11.3 Å². The molecule has 0 aliphatic heterocycles. The Hall–Kier alpha value is -0.810. The molecule has 0 amide bonds. The van der Waals surface area contributed by atoms with Crippen LogP contribution in [0.4, 0.5) is 0 Å². The normalized spacial score (nSPS) is 12.7. The molecule has 1 aromatic carbocycles. The van der Waals surface area contributed by atoms with Crippen LogP contribution in [0.5, 0.6) is 0 Å². The lowest BCUT2D eigenvalue weighted by molar-refractivity contribution is 0.170. The third kappa shape index (κ3) is 2.41. The Morgan fingerprint density at radius 1 is 1.27 bits per heavy atom. The predicted octanol–water partition coefficient (Wildman–Crippen LogP) is 3.60. The average molecular weight is 314 g/mol.